The lowest BCUT2D eigenvalue weighted by Gasteiger charge is -2.30. The van der Waals surface area contributed by atoms with E-state index in [0.29, 0.717) is 0 Å². The van der Waals surface area contributed by atoms with E-state index in [-0.39, 0.29) is 0 Å². The number of thiophene rings is 2. The number of para-hydroxylation sites is 1. The van der Waals surface area contributed by atoms with Crippen LogP contribution in [-0.2, 0) is 5.41 Å². The number of fused-ring (bicyclic) bond motifs is 19. The number of aromatic nitrogens is 1. The van der Waals surface area contributed by atoms with Crippen molar-refractivity contribution in [2.24, 2.45) is 0 Å². The second-order valence-corrected chi connectivity index (χ2v) is 19.8. The maximum Gasteiger partial charge on any atom is 0.0788 e. The monoisotopic (exact) mass is 857 g/mol. The Morgan fingerprint density at radius 2 is 0.738 bits per heavy atom. The van der Waals surface area contributed by atoms with Gasteiger partial charge in [0, 0.05) is 56.7 Å². The van der Waals surface area contributed by atoms with Crippen LogP contribution in [0.2, 0.25) is 0 Å². The Morgan fingerprint density at radius 1 is 0.292 bits per heavy atom. The second kappa shape index (κ2) is 13.2. The van der Waals surface area contributed by atoms with Gasteiger partial charge in [-0.15, -0.1) is 22.7 Å². The van der Waals surface area contributed by atoms with Gasteiger partial charge in [-0.3, -0.25) is 0 Å². The molecule has 0 N–H and O–H groups in total. The third-order valence-electron chi connectivity index (χ3n) is 14.5. The van der Waals surface area contributed by atoms with Crippen LogP contribution in [0.25, 0.3) is 118 Å². The topological polar surface area (TPSA) is 12.9 Å². The lowest BCUT2D eigenvalue weighted by atomic mass is 9.70. The fourth-order valence-corrected chi connectivity index (χ4v) is 14.3. The summed E-state index contributed by atoms with van der Waals surface area (Å²) in [6, 6.07) is 79.6. The molecule has 0 fully saturated rings. The molecule has 0 bridgehead atoms. The highest BCUT2D eigenvalue weighted by atomic mass is 32.1. The Labute approximate surface area is 383 Å². The van der Waals surface area contributed by atoms with Crippen LogP contribution in [0, 0.1) is 0 Å². The first kappa shape index (κ1) is 35.7. The zero-order valence-corrected chi connectivity index (χ0v) is 36.6. The van der Waals surface area contributed by atoms with Gasteiger partial charge in [-0.25, -0.2) is 4.98 Å². The predicted octanol–water partition coefficient (Wildman–Crippen LogP) is 17.5. The molecular weight excluding hydrogens is 823 g/mol. The molecule has 0 atom stereocenters. The van der Waals surface area contributed by atoms with Crippen molar-refractivity contribution in [2.75, 3.05) is 0 Å². The first-order valence-electron chi connectivity index (χ1n) is 22.4. The highest BCUT2D eigenvalue weighted by molar-refractivity contribution is 7.26. The van der Waals surface area contributed by atoms with Crippen molar-refractivity contribution >= 4 is 84.7 Å². The number of benzene rings is 10. The predicted molar refractivity (Wildman–Crippen MR) is 278 cm³/mol. The fraction of sp³-hybridized carbons (Fsp3) is 0.0161. The van der Waals surface area contributed by atoms with Crippen LogP contribution in [0.15, 0.2) is 212 Å². The zero-order chi connectivity index (χ0) is 42.4. The highest BCUT2D eigenvalue weighted by Gasteiger charge is 2.51. The summed E-state index contributed by atoms with van der Waals surface area (Å²) in [7, 11) is 0. The SMILES string of the molecule is c1ccc2c(c1)-c1ccccc1C21c2ccccc2-c2cc3c(cc21)c(-c1cc(-c2cccc4c2sc2ccccc24)cc(-c2cccc4c2sc2ccccc24)c1)nc1ccccc13. The Balaban J connectivity index is 1.07. The van der Waals surface area contributed by atoms with E-state index in [1.807, 2.05) is 22.7 Å². The van der Waals surface area contributed by atoms with E-state index in [4.69, 9.17) is 4.98 Å². The molecule has 1 nitrogen and oxygen atoms in total. The summed E-state index contributed by atoms with van der Waals surface area (Å²) in [5.74, 6) is 0. The molecule has 0 unspecified atom stereocenters. The van der Waals surface area contributed by atoms with Gasteiger partial charge in [-0.2, -0.15) is 0 Å². The van der Waals surface area contributed by atoms with Crippen LogP contribution >= 0.6 is 22.7 Å². The van der Waals surface area contributed by atoms with Gasteiger partial charge < -0.3 is 0 Å². The van der Waals surface area contributed by atoms with Gasteiger partial charge in [0.15, 0.2) is 0 Å². The fourth-order valence-electron chi connectivity index (χ4n) is 11.8. The minimum Gasteiger partial charge on any atom is -0.247 e. The third-order valence-corrected chi connectivity index (χ3v) is 16.9. The van der Waals surface area contributed by atoms with E-state index < -0.39 is 5.41 Å². The molecule has 1 spiro atoms. The average molecular weight is 858 g/mol. The summed E-state index contributed by atoms with van der Waals surface area (Å²) in [6.45, 7) is 0. The van der Waals surface area contributed by atoms with Crippen molar-refractivity contribution in [3.05, 3.63) is 235 Å². The molecule has 2 aliphatic carbocycles. The van der Waals surface area contributed by atoms with Crippen LogP contribution in [0.1, 0.15) is 22.3 Å². The molecule has 15 rings (SSSR count). The summed E-state index contributed by atoms with van der Waals surface area (Å²) in [4.78, 5) is 5.72. The Hall–Kier alpha value is -7.69. The van der Waals surface area contributed by atoms with E-state index in [1.165, 1.54) is 123 Å². The van der Waals surface area contributed by atoms with Crippen molar-refractivity contribution in [1.82, 2.24) is 4.98 Å². The van der Waals surface area contributed by atoms with Gasteiger partial charge in [0.05, 0.1) is 16.6 Å². The van der Waals surface area contributed by atoms with Gasteiger partial charge >= 0.3 is 0 Å². The molecule has 13 aromatic rings. The molecular formula is C62H35NS2. The molecule has 2 aliphatic rings. The maximum atomic E-state index is 5.72. The van der Waals surface area contributed by atoms with E-state index in [1.54, 1.807) is 0 Å². The maximum absolute atomic E-state index is 5.72. The average Bonchev–Trinajstić information content (AvgIpc) is 4.11. The lowest BCUT2D eigenvalue weighted by Crippen LogP contribution is -2.25. The number of nitrogens with zero attached hydrogens (tertiary/aromatic N) is 1. The van der Waals surface area contributed by atoms with Crippen molar-refractivity contribution in [3.8, 4) is 55.8 Å². The smallest absolute Gasteiger partial charge is 0.0788 e. The van der Waals surface area contributed by atoms with Crippen molar-refractivity contribution in [1.29, 1.82) is 0 Å². The number of pyridine rings is 1. The summed E-state index contributed by atoms with van der Waals surface area (Å²) >= 11 is 3.78. The van der Waals surface area contributed by atoms with Crippen LogP contribution in [0.5, 0.6) is 0 Å². The Kier molecular flexibility index (Phi) is 7.25. The van der Waals surface area contributed by atoms with Crippen LogP contribution in [0.4, 0.5) is 0 Å². The molecule has 3 heterocycles. The molecule has 65 heavy (non-hydrogen) atoms. The van der Waals surface area contributed by atoms with E-state index in [0.717, 1.165) is 16.8 Å². The normalized spacial score (nSPS) is 13.4. The first-order chi connectivity index (χ1) is 32.2. The van der Waals surface area contributed by atoms with Crippen molar-refractivity contribution < 1.29 is 0 Å². The van der Waals surface area contributed by atoms with E-state index in [9.17, 15) is 0 Å². The Bertz CT molecular complexity index is 4030. The van der Waals surface area contributed by atoms with E-state index >= 15 is 0 Å². The summed E-state index contributed by atoms with van der Waals surface area (Å²) in [6.07, 6.45) is 0. The minimum atomic E-state index is -0.461. The van der Waals surface area contributed by atoms with Gasteiger partial charge in [-0.05, 0) is 121 Å². The third kappa shape index (κ3) is 4.78. The summed E-state index contributed by atoms with van der Waals surface area (Å²) in [5.41, 5.74) is 18.1. The molecule has 10 aromatic carbocycles. The first-order valence-corrected chi connectivity index (χ1v) is 24.0. The van der Waals surface area contributed by atoms with Crippen LogP contribution in [0.3, 0.4) is 0 Å². The summed E-state index contributed by atoms with van der Waals surface area (Å²) < 4.78 is 5.23. The molecule has 3 aromatic heterocycles. The zero-order valence-electron chi connectivity index (χ0n) is 35.0. The summed E-state index contributed by atoms with van der Waals surface area (Å²) in [5, 5.41) is 8.77. The van der Waals surface area contributed by atoms with Gasteiger partial charge in [-0.1, -0.05) is 164 Å². The standard InChI is InChI=1S/C62H35NS2/c1-7-25-52-41(15-1)42-16-2-8-26-53(42)62(52)54-27-9-3-17-43(54)50-34-49-44-18-4-10-28-56(44)63-59(51(49)35-55(50)62)38-32-36(39-21-13-23-47-45-19-5-11-29-57(45)64-60(39)47)31-37(33-38)40-22-14-24-48-46-20-6-12-30-58(46)65-61(40)48/h1-35H. The Morgan fingerprint density at radius 3 is 1.32 bits per heavy atom. The molecule has 0 amide bonds. The quantitative estimate of drug-likeness (QED) is 0.161. The second-order valence-electron chi connectivity index (χ2n) is 17.7. The van der Waals surface area contributed by atoms with Gasteiger partial charge in [0.1, 0.15) is 0 Å². The number of rotatable bonds is 3. The highest BCUT2D eigenvalue weighted by Crippen LogP contribution is 2.63. The van der Waals surface area contributed by atoms with E-state index in [2.05, 4.69) is 212 Å². The van der Waals surface area contributed by atoms with Gasteiger partial charge in [0.25, 0.3) is 0 Å². The lowest BCUT2D eigenvalue weighted by molar-refractivity contribution is 0.795. The molecule has 0 radical (unpaired) electrons. The molecule has 0 saturated carbocycles. The molecule has 300 valence electrons. The molecule has 0 aliphatic heterocycles. The van der Waals surface area contributed by atoms with Crippen LogP contribution in [-0.4, -0.2) is 4.98 Å². The van der Waals surface area contributed by atoms with Crippen LogP contribution < -0.4 is 0 Å². The van der Waals surface area contributed by atoms with Gasteiger partial charge in [0.2, 0.25) is 0 Å². The van der Waals surface area contributed by atoms with Crippen molar-refractivity contribution in [2.45, 2.75) is 5.41 Å². The minimum absolute atomic E-state index is 0.461. The molecule has 3 heteroatoms. The largest absolute Gasteiger partial charge is 0.247 e. The number of hydrogen-bond donors (Lipinski definition) is 0. The van der Waals surface area contributed by atoms with Crippen molar-refractivity contribution in [3.63, 3.8) is 0 Å². The number of hydrogen-bond acceptors (Lipinski definition) is 3. The molecule has 0 saturated heterocycles.